The number of rotatable bonds is 6. The van der Waals surface area contributed by atoms with E-state index in [-0.39, 0.29) is 18.1 Å². The highest BCUT2D eigenvalue weighted by molar-refractivity contribution is 6.33. The molecule has 11 nitrogen and oxygen atoms in total. The Bertz CT molecular complexity index is 1430. The Labute approximate surface area is 276 Å². The number of hydrogen-bond donors (Lipinski definition) is 0. The van der Waals surface area contributed by atoms with Gasteiger partial charge in [-0.25, -0.2) is 9.64 Å². The molecule has 46 heavy (non-hydrogen) atoms. The van der Waals surface area contributed by atoms with E-state index in [0.717, 1.165) is 64.2 Å². The molecular formula is C34H44ClN7O4. The van der Waals surface area contributed by atoms with E-state index in [1.54, 1.807) is 18.2 Å². The molecule has 0 bridgehead atoms. The summed E-state index contributed by atoms with van der Waals surface area (Å²) in [6.45, 7) is 20.3. The normalized spacial score (nSPS) is 24.1. The maximum Gasteiger partial charge on any atom is 0.410 e. The number of likely N-dealkylation sites (tertiary alicyclic amines) is 1. The Hall–Kier alpha value is -3.62. The fraction of sp³-hybridized carbons (Fsp3) is 0.618. The van der Waals surface area contributed by atoms with Crippen molar-refractivity contribution in [2.24, 2.45) is 17.8 Å². The third kappa shape index (κ3) is 7.67. The molecule has 12 heteroatoms. The van der Waals surface area contributed by atoms with Gasteiger partial charge in [-0.05, 0) is 88.5 Å². The third-order valence-corrected chi connectivity index (χ3v) is 9.99. The van der Waals surface area contributed by atoms with Crippen LogP contribution >= 0.6 is 11.6 Å². The van der Waals surface area contributed by atoms with Gasteiger partial charge in [0.1, 0.15) is 11.4 Å². The molecule has 6 rings (SSSR count). The summed E-state index contributed by atoms with van der Waals surface area (Å²) >= 11 is 6.17. The van der Waals surface area contributed by atoms with Gasteiger partial charge < -0.3 is 24.2 Å². The average Bonchev–Trinajstić information content (AvgIpc) is 3.60. The van der Waals surface area contributed by atoms with Crippen LogP contribution in [0.4, 0.5) is 16.3 Å². The summed E-state index contributed by atoms with van der Waals surface area (Å²) in [6.07, 6.45) is 3.80. The Morgan fingerprint density at radius 1 is 0.957 bits per heavy atom. The van der Waals surface area contributed by atoms with Crippen LogP contribution in [0, 0.1) is 24.3 Å². The quantitative estimate of drug-likeness (QED) is 0.385. The molecule has 0 N–H and O–H groups in total. The molecule has 1 saturated carbocycles. The molecule has 1 aliphatic carbocycles. The zero-order valence-corrected chi connectivity index (χ0v) is 27.8. The minimum Gasteiger partial charge on any atom is -0.490 e. The van der Waals surface area contributed by atoms with Crippen molar-refractivity contribution in [1.82, 2.24) is 24.9 Å². The number of piperidine rings is 1. The summed E-state index contributed by atoms with van der Waals surface area (Å²) in [5.41, 5.74) is 0.349. The second kappa shape index (κ2) is 13.6. The lowest BCUT2D eigenvalue weighted by Crippen LogP contribution is -2.51. The van der Waals surface area contributed by atoms with E-state index in [0.29, 0.717) is 66.1 Å². The van der Waals surface area contributed by atoms with E-state index in [9.17, 15) is 9.59 Å². The van der Waals surface area contributed by atoms with Crippen LogP contribution in [0.1, 0.15) is 56.9 Å². The molecule has 1 unspecified atom stereocenters. The smallest absolute Gasteiger partial charge is 0.410 e. The van der Waals surface area contributed by atoms with E-state index >= 15 is 0 Å². The van der Waals surface area contributed by atoms with Crippen molar-refractivity contribution in [2.75, 3.05) is 63.8 Å². The molecule has 2 aromatic rings. The minimum absolute atomic E-state index is 0.0575. The van der Waals surface area contributed by atoms with Crippen molar-refractivity contribution < 1.29 is 19.1 Å². The number of fused-ring (bicyclic) bond motifs is 1. The fourth-order valence-electron chi connectivity index (χ4n) is 7.27. The minimum atomic E-state index is -0.469. The predicted octanol–water partition coefficient (Wildman–Crippen LogP) is 5.38. The van der Waals surface area contributed by atoms with Crippen LogP contribution in [-0.4, -0.2) is 108 Å². The Morgan fingerprint density at radius 3 is 2.24 bits per heavy atom. The first-order chi connectivity index (χ1) is 22.0. The molecule has 3 saturated heterocycles. The van der Waals surface area contributed by atoms with Gasteiger partial charge in [-0.3, -0.25) is 9.69 Å². The van der Waals surface area contributed by atoms with Crippen molar-refractivity contribution >= 4 is 35.1 Å². The maximum absolute atomic E-state index is 13.3. The topological polar surface area (TPSA) is 95.7 Å². The van der Waals surface area contributed by atoms with Crippen LogP contribution in [0.5, 0.6) is 5.75 Å². The van der Waals surface area contributed by atoms with E-state index in [1.807, 2.05) is 42.7 Å². The van der Waals surface area contributed by atoms with Gasteiger partial charge >= 0.3 is 6.09 Å². The number of anilines is 1. The van der Waals surface area contributed by atoms with E-state index < -0.39 is 5.60 Å². The number of halogens is 1. The largest absolute Gasteiger partial charge is 0.490 e. The summed E-state index contributed by atoms with van der Waals surface area (Å²) in [6, 6.07) is 8.95. The third-order valence-electron chi connectivity index (χ3n) is 9.69. The number of amides is 2. The van der Waals surface area contributed by atoms with Crippen LogP contribution in [0.25, 0.3) is 4.85 Å². The molecule has 0 spiro atoms. The summed E-state index contributed by atoms with van der Waals surface area (Å²) in [7, 11) is 0. The Balaban J connectivity index is 0.918. The zero-order valence-electron chi connectivity index (χ0n) is 27.0. The van der Waals surface area contributed by atoms with E-state index in [1.165, 1.54) is 0 Å². The Kier molecular flexibility index (Phi) is 9.57. The van der Waals surface area contributed by atoms with Crippen molar-refractivity contribution in [3.8, 4) is 5.75 Å². The highest BCUT2D eigenvalue weighted by atomic mass is 35.5. The van der Waals surface area contributed by atoms with E-state index in [2.05, 4.69) is 24.8 Å². The SMILES string of the molecule is [C-]#[N+]c1ccc(OC2C[C@@H]3CN(C(=O)c4ccc(N5CCC(CN6CCN(C(=O)OC(C)(C)C)CC6)CC5)nn4)C[C@@H]3C2)cc1Cl. The van der Waals surface area contributed by atoms with Crippen LogP contribution in [0.15, 0.2) is 30.3 Å². The highest BCUT2D eigenvalue weighted by Crippen LogP contribution is 2.41. The molecule has 1 aromatic heterocycles. The van der Waals surface area contributed by atoms with Gasteiger partial charge in [0.25, 0.3) is 5.91 Å². The lowest BCUT2D eigenvalue weighted by atomic mass is 9.96. The first-order valence-electron chi connectivity index (χ1n) is 16.5. The summed E-state index contributed by atoms with van der Waals surface area (Å²) in [5.74, 6) is 2.86. The monoisotopic (exact) mass is 649 g/mol. The molecule has 1 aromatic carbocycles. The van der Waals surface area contributed by atoms with Crippen molar-refractivity contribution in [3.63, 3.8) is 0 Å². The number of nitrogens with zero attached hydrogens (tertiary/aromatic N) is 7. The summed E-state index contributed by atoms with van der Waals surface area (Å²) in [4.78, 5) is 37.5. The van der Waals surface area contributed by atoms with Gasteiger partial charge in [0.05, 0.1) is 17.7 Å². The highest BCUT2D eigenvalue weighted by Gasteiger charge is 2.43. The van der Waals surface area contributed by atoms with E-state index in [4.69, 9.17) is 27.6 Å². The summed E-state index contributed by atoms with van der Waals surface area (Å²) in [5, 5.41) is 9.21. The fourth-order valence-corrected chi connectivity index (χ4v) is 7.48. The van der Waals surface area contributed by atoms with Crippen molar-refractivity contribution in [2.45, 2.75) is 58.2 Å². The number of benzene rings is 1. The lowest BCUT2D eigenvalue weighted by Gasteiger charge is -2.39. The van der Waals surface area contributed by atoms with Gasteiger partial charge in [0.15, 0.2) is 11.5 Å². The first-order valence-corrected chi connectivity index (χ1v) is 16.8. The van der Waals surface area contributed by atoms with Crippen LogP contribution < -0.4 is 9.64 Å². The van der Waals surface area contributed by atoms with Gasteiger partial charge in [0, 0.05) is 58.9 Å². The maximum atomic E-state index is 13.3. The second-order valence-corrected chi connectivity index (χ2v) is 14.5. The molecule has 3 aliphatic heterocycles. The predicted molar refractivity (Wildman–Crippen MR) is 175 cm³/mol. The molecule has 2 amide bonds. The Morgan fingerprint density at radius 2 is 1.65 bits per heavy atom. The molecule has 4 fully saturated rings. The number of carbonyl (C=O) groups excluding carboxylic acids is 2. The first kappa shape index (κ1) is 32.3. The molecule has 246 valence electrons. The zero-order chi connectivity index (χ0) is 32.4. The molecule has 0 radical (unpaired) electrons. The van der Waals surface area contributed by atoms with Crippen LogP contribution in [-0.2, 0) is 4.74 Å². The molecule has 3 atom stereocenters. The number of carbonyl (C=O) groups is 2. The van der Waals surface area contributed by atoms with Crippen LogP contribution in [0.2, 0.25) is 5.02 Å². The van der Waals surface area contributed by atoms with Gasteiger partial charge in [-0.15, -0.1) is 10.2 Å². The van der Waals surface area contributed by atoms with Gasteiger partial charge in [-0.2, -0.15) is 0 Å². The second-order valence-electron chi connectivity index (χ2n) is 14.1. The number of ether oxygens (including phenoxy) is 2. The van der Waals surface area contributed by atoms with Crippen molar-refractivity contribution in [1.29, 1.82) is 0 Å². The van der Waals surface area contributed by atoms with Gasteiger partial charge in [0.2, 0.25) is 5.69 Å². The molecule has 4 aliphatic rings. The lowest BCUT2D eigenvalue weighted by molar-refractivity contribution is 0.0130. The number of aromatic nitrogens is 2. The number of piperazine rings is 1. The average molecular weight is 650 g/mol. The van der Waals surface area contributed by atoms with Crippen LogP contribution in [0.3, 0.4) is 0 Å². The molecular weight excluding hydrogens is 606 g/mol. The number of hydrogen-bond acceptors (Lipinski definition) is 8. The summed E-state index contributed by atoms with van der Waals surface area (Å²) < 4.78 is 11.7. The van der Waals surface area contributed by atoms with Gasteiger partial charge in [-0.1, -0.05) is 17.7 Å². The standard InChI is InChI=1S/C34H44ClN7O4/c1-34(2,3)46-33(44)41-15-13-39(14-16-41)20-23-9-11-40(12-10-23)31-8-7-30(37-38-31)32(43)42-21-24-17-27(18-25(24)22-42)45-26-5-6-29(36-4)28(35)19-26/h5-8,19,23-25,27H,9-18,20-22H2,1-3H3/t24-,25+,27?. The van der Waals surface area contributed by atoms with Crippen molar-refractivity contribution in [3.05, 3.63) is 52.5 Å². The molecule has 4 heterocycles.